The fourth-order valence-corrected chi connectivity index (χ4v) is 1.79. The third kappa shape index (κ3) is 2.57. The van der Waals surface area contributed by atoms with Gasteiger partial charge >= 0.3 is 0 Å². The second-order valence-corrected chi connectivity index (χ2v) is 4.40. The molecule has 0 amide bonds. The van der Waals surface area contributed by atoms with Crippen LogP contribution in [-0.4, -0.2) is 0 Å². The summed E-state index contributed by atoms with van der Waals surface area (Å²) in [5, 5.41) is 0.0910. The normalized spacial score (nSPS) is 10.4. The summed E-state index contributed by atoms with van der Waals surface area (Å²) >= 11 is 5.70. The van der Waals surface area contributed by atoms with Crippen molar-refractivity contribution in [1.82, 2.24) is 0 Å². The van der Waals surface area contributed by atoms with Crippen LogP contribution in [0.3, 0.4) is 0 Å². The molecule has 0 unspecified atom stereocenters. The molecule has 94 valence electrons. The molecule has 0 aromatic heterocycles. The monoisotopic (exact) mass is 265 g/mol. The Hall–Kier alpha value is -1.74. The molecule has 0 aliphatic carbocycles. The number of hydrogen-bond acceptors (Lipinski definition) is 2. The van der Waals surface area contributed by atoms with Crippen LogP contribution in [-0.2, 0) is 6.61 Å². The molecule has 0 aliphatic rings. The molecule has 0 aliphatic heterocycles. The minimum absolute atomic E-state index is 0.0910. The summed E-state index contributed by atoms with van der Waals surface area (Å²) < 4.78 is 19.2. The summed E-state index contributed by atoms with van der Waals surface area (Å²) in [5.74, 6) is 0.0970. The van der Waals surface area contributed by atoms with Gasteiger partial charge < -0.3 is 10.5 Å². The molecular weight excluding hydrogens is 253 g/mol. The second-order valence-electron chi connectivity index (χ2n) is 3.99. The molecule has 0 fully saturated rings. The molecule has 2 N–H and O–H groups in total. The summed E-state index contributed by atoms with van der Waals surface area (Å²) in [6.07, 6.45) is 0. The lowest BCUT2D eigenvalue weighted by Crippen LogP contribution is -2.02. The molecular formula is C14H13ClFNO. The Morgan fingerprint density at radius 1 is 1.22 bits per heavy atom. The highest BCUT2D eigenvalue weighted by atomic mass is 35.5. The molecule has 2 aromatic carbocycles. The lowest BCUT2D eigenvalue weighted by Gasteiger charge is -2.11. The van der Waals surface area contributed by atoms with Crippen LogP contribution in [0.1, 0.15) is 11.1 Å². The average molecular weight is 266 g/mol. The Bertz CT molecular complexity index is 520. The van der Waals surface area contributed by atoms with Gasteiger partial charge in [-0.05, 0) is 24.6 Å². The SMILES string of the molecule is Cc1cccc(OCc2cccc(Cl)c2F)c1N. The van der Waals surface area contributed by atoms with E-state index < -0.39 is 5.82 Å². The van der Waals surface area contributed by atoms with Gasteiger partial charge in [-0.15, -0.1) is 0 Å². The van der Waals surface area contributed by atoms with Crippen molar-refractivity contribution in [1.29, 1.82) is 0 Å². The van der Waals surface area contributed by atoms with Crippen LogP contribution in [0.5, 0.6) is 5.75 Å². The number of hydrogen-bond donors (Lipinski definition) is 1. The van der Waals surface area contributed by atoms with E-state index in [0.29, 0.717) is 17.0 Å². The number of para-hydroxylation sites is 1. The fourth-order valence-electron chi connectivity index (χ4n) is 1.60. The van der Waals surface area contributed by atoms with Gasteiger partial charge in [0.25, 0.3) is 0 Å². The lowest BCUT2D eigenvalue weighted by atomic mass is 10.2. The molecule has 0 spiro atoms. The molecule has 4 heteroatoms. The Morgan fingerprint density at radius 2 is 1.94 bits per heavy atom. The number of nitrogens with two attached hydrogens (primary N) is 1. The van der Waals surface area contributed by atoms with Gasteiger partial charge in [-0.25, -0.2) is 4.39 Å². The number of benzene rings is 2. The number of rotatable bonds is 3. The van der Waals surface area contributed by atoms with E-state index in [4.69, 9.17) is 22.1 Å². The maximum absolute atomic E-state index is 13.6. The van der Waals surface area contributed by atoms with Crippen molar-refractivity contribution >= 4 is 17.3 Å². The van der Waals surface area contributed by atoms with Crippen molar-refractivity contribution in [2.45, 2.75) is 13.5 Å². The average Bonchev–Trinajstić information content (AvgIpc) is 2.36. The first kappa shape index (κ1) is 12.7. The number of nitrogen functional groups attached to an aromatic ring is 1. The van der Waals surface area contributed by atoms with Crippen LogP contribution in [0.25, 0.3) is 0 Å². The molecule has 0 saturated heterocycles. The Balaban J connectivity index is 2.17. The van der Waals surface area contributed by atoms with Crippen molar-refractivity contribution in [3.8, 4) is 5.75 Å². The smallest absolute Gasteiger partial charge is 0.148 e. The highest BCUT2D eigenvalue weighted by molar-refractivity contribution is 6.30. The van der Waals surface area contributed by atoms with Gasteiger partial charge in [0.15, 0.2) is 0 Å². The van der Waals surface area contributed by atoms with Crippen LogP contribution < -0.4 is 10.5 Å². The predicted octanol–water partition coefficient (Wildman–Crippen LogP) is 3.95. The Kier molecular flexibility index (Phi) is 3.72. The van der Waals surface area contributed by atoms with E-state index >= 15 is 0 Å². The van der Waals surface area contributed by atoms with E-state index in [1.54, 1.807) is 18.2 Å². The van der Waals surface area contributed by atoms with Gasteiger partial charge in [0, 0.05) is 5.56 Å². The highest BCUT2D eigenvalue weighted by Crippen LogP contribution is 2.26. The van der Waals surface area contributed by atoms with Crippen LogP contribution >= 0.6 is 11.6 Å². The van der Waals surface area contributed by atoms with E-state index in [0.717, 1.165) is 5.56 Å². The second kappa shape index (κ2) is 5.27. The Labute approximate surface area is 110 Å². The van der Waals surface area contributed by atoms with E-state index in [1.165, 1.54) is 6.07 Å². The van der Waals surface area contributed by atoms with Gasteiger partial charge in [-0.2, -0.15) is 0 Å². The molecule has 0 saturated carbocycles. The van der Waals surface area contributed by atoms with Gasteiger partial charge in [0.05, 0.1) is 10.7 Å². The molecule has 0 heterocycles. The van der Waals surface area contributed by atoms with E-state index in [-0.39, 0.29) is 11.6 Å². The maximum atomic E-state index is 13.6. The summed E-state index contributed by atoms with van der Waals surface area (Å²) in [6.45, 7) is 1.99. The van der Waals surface area contributed by atoms with Gasteiger partial charge in [-0.1, -0.05) is 35.9 Å². The minimum atomic E-state index is -0.453. The molecule has 2 nitrogen and oxygen atoms in total. The van der Waals surface area contributed by atoms with Crippen molar-refractivity contribution < 1.29 is 9.13 Å². The first-order valence-corrected chi connectivity index (χ1v) is 5.88. The maximum Gasteiger partial charge on any atom is 0.148 e. The van der Waals surface area contributed by atoms with Crippen LogP contribution in [0.2, 0.25) is 5.02 Å². The van der Waals surface area contributed by atoms with Crippen LogP contribution in [0.4, 0.5) is 10.1 Å². The van der Waals surface area contributed by atoms with Crippen molar-refractivity contribution in [3.63, 3.8) is 0 Å². The summed E-state index contributed by atoms with van der Waals surface area (Å²) in [5.41, 5.74) is 7.77. The van der Waals surface area contributed by atoms with Crippen molar-refractivity contribution in [2.75, 3.05) is 5.73 Å². The molecule has 0 bridgehead atoms. The van der Waals surface area contributed by atoms with Crippen LogP contribution in [0, 0.1) is 12.7 Å². The fraction of sp³-hybridized carbons (Fsp3) is 0.143. The quantitative estimate of drug-likeness (QED) is 0.853. The van der Waals surface area contributed by atoms with Crippen molar-refractivity contribution in [3.05, 3.63) is 58.4 Å². The third-order valence-corrected chi connectivity index (χ3v) is 2.99. The number of halogens is 2. The molecule has 18 heavy (non-hydrogen) atoms. The van der Waals surface area contributed by atoms with E-state index in [1.807, 2.05) is 19.1 Å². The lowest BCUT2D eigenvalue weighted by molar-refractivity contribution is 0.301. The topological polar surface area (TPSA) is 35.2 Å². The predicted molar refractivity (Wildman–Crippen MR) is 71.3 cm³/mol. The zero-order chi connectivity index (χ0) is 13.1. The van der Waals surface area contributed by atoms with E-state index in [2.05, 4.69) is 0 Å². The third-order valence-electron chi connectivity index (χ3n) is 2.70. The first-order chi connectivity index (χ1) is 8.59. The first-order valence-electron chi connectivity index (χ1n) is 5.50. The van der Waals surface area contributed by atoms with Crippen LogP contribution in [0.15, 0.2) is 36.4 Å². The minimum Gasteiger partial charge on any atom is -0.487 e. The Morgan fingerprint density at radius 3 is 2.72 bits per heavy atom. The van der Waals surface area contributed by atoms with Gasteiger partial charge in [0.1, 0.15) is 18.2 Å². The van der Waals surface area contributed by atoms with Gasteiger partial charge in [-0.3, -0.25) is 0 Å². The summed E-state index contributed by atoms with van der Waals surface area (Å²) in [4.78, 5) is 0. The largest absolute Gasteiger partial charge is 0.487 e. The number of aryl methyl sites for hydroxylation is 1. The highest BCUT2D eigenvalue weighted by Gasteiger charge is 2.08. The standard InChI is InChI=1S/C14H13ClFNO/c1-9-4-2-7-12(14(9)17)18-8-10-5-3-6-11(15)13(10)16/h2-7H,8,17H2,1H3. The van der Waals surface area contributed by atoms with Crippen molar-refractivity contribution in [2.24, 2.45) is 0 Å². The zero-order valence-electron chi connectivity index (χ0n) is 9.91. The summed E-state index contributed by atoms with van der Waals surface area (Å²) in [7, 11) is 0. The number of ether oxygens (including phenoxy) is 1. The summed E-state index contributed by atoms with van der Waals surface area (Å²) in [6, 6.07) is 10.3. The molecule has 2 rings (SSSR count). The molecule has 2 aromatic rings. The number of anilines is 1. The van der Waals surface area contributed by atoms with Gasteiger partial charge in [0.2, 0.25) is 0 Å². The molecule has 0 atom stereocenters. The van der Waals surface area contributed by atoms with E-state index in [9.17, 15) is 4.39 Å². The zero-order valence-corrected chi connectivity index (χ0v) is 10.7. The molecule has 0 radical (unpaired) electrons.